The van der Waals surface area contributed by atoms with E-state index in [1.807, 2.05) is 0 Å². The molecule has 30 heavy (non-hydrogen) atoms. The predicted octanol–water partition coefficient (Wildman–Crippen LogP) is 5.91. The number of amides is 2. The first-order chi connectivity index (χ1) is 14.1. The van der Waals surface area contributed by atoms with Crippen molar-refractivity contribution in [2.24, 2.45) is 0 Å². The van der Waals surface area contributed by atoms with Crippen LogP contribution in [-0.2, 0) is 6.18 Å². The second kappa shape index (κ2) is 8.73. The molecule has 10 heteroatoms. The minimum Gasteiger partial charge on any atom is -0.321 e. The molecule has 1 aromatic heterocycles. The van der Waals surface area contributed by atoms with Gasteiger partial charge in [-0.1, -0.05) is 23.2 Å². The van der Waals surface area contributed by atoms with Gasteiger partial charge in [0.2, 0.25) is 0 Å². The van der Waals surface area contributed by atoms with Crippen LogP contribution in [0.2, 0.25) is 10.0 Å². The molecule has 0 unspecified atom stereocenters. The molecule has 0 radical (unpaired) electrons. The lowest BCUT2D eigenvalue weighted by Gasteiger charge is -2.12. The predicted molar refractivity (Wildman–Crippen MR) is 108 cm³/mol. The Hall–Kier alpha value is -3.10. The van der Waals surface area contributed by atoms with Gasteiger partial charge in [-0.05, 0) is 60.7 Å². The molecule has 154 valence electrons. The normalized spacial score (nSPS) is 11.1. The Kier molecular flexibility index (Phi) is 6.28. The summed E-state index contributed by atoms with van der Waals surface area (Å²) in [6.45, 7) is 0. The molecule has 0 aliphatic heterocycles. The third-order valence-electron chi connectivity index (χ3n) is 3.82. The number of halogens is 5. The van der Waals surface area contributed by atoms with Gasteiger partial charge in [-0.15, -0.1) is 0 Å². The zero-order chi connectivity index (χ0) is 21.9. The molecule has 0 spiro atoms. The molecule has 2 N–H and O–H groups in total. The average molecular weight is 454 g/mol. The first-order valence-corrected chi connectivity index (χ1v) is 9.10. The van der Waals surface area contributed by atoms with Gasteiger partial charge in [0.15, 0.2) is 0 Å². The first-order valence-electron chi connectivity index (χ1n) is 8.35. The maximum Gasteiger partial charge on any atom is 0.416 e. The van der Waals surface area contributed by atoms with Crippen molar-refractivity contribution in [1.82, 2.24) is 4.98 Å². The van der Waals surface area contributed by atoms with Crippen molar-refractivity contribution in [3.8, 4) is 0 Å². The number of carbonyl (C=O) groups is 2. The molecule has 0 bridgehead atoms. The van der Waals surface area contributed by atoms with Crippen LogP contribution in [0.3, 0.4) is 0 Å². The van der Waals surface area contributed by atoms with Gasteiger partial charge in [0.1, 0.15) is 11.4 Å². The maximum atomic E-state index is 13.3. The number of aromatic nitrogens is 1. The van der Waals surface area contributed by atoms with Crippen LogP contribution >= 0.6 is 23.2 Å². The Balaban J connectivity index is 1.91. The highest BCUT2D eigenvalue weighted by atomic mass is 35.5. The van der Waals surface area contributed by atoms with E-state index in [0.29, 0.717) is 33.6 Å². The average Bonchev–Trinajstić information content (AvgIpc) is 2.70. The molecule has 0 saturated heterocycles. The third-order valence-corrected chi connectivity index (χ3v) is 4.33. The smallest absolute Gasteiger partial charge is 0.321 e. The summed E-state index contributed by atoms with van der Waals surface area (Å²) >= 11 is 11.5. The molecular formula is C20H12Cl2F3N3O2. The molecule has 2 amide bonds. The van der Waals surface area contributed by atoms with Crippen LogP contribution < -0.4 is 10.6 Å². The van der Waals surface area contributed by atoms with Crippen LogP contribution in [0.5, 0.6) is 0 Å². The lowest BCUT2D eigenvalue weighted by atomic mass is 10.1. The highest BCUT2D eigenvalue weighted by molar-refractivity contribution is 6.31. The molecule has 2 aromatic carbocycles. The number of alkyl halides is 3. The number of nitrogens with zero attached hydrogens (tertiary/aromatic N) is 1. The number of anilines is 2. The van der Waals surface area contributed by atoms with Gasteiger partial charge in [0, 0.05) is 21.4 Å². The third kappa shape index (κ3) is 5.49. The van der Waals surface area contributed by atoms with Gasteiger partial charge in [-0.2, -0.15) is 13.2 Å². The summed E-state index contributed by atoms with van der Waals surface area (Å²) in [5.74, 6) is -1.83. The number of benzene rings is 2. The van der Waals surface area contributed by atoms with E-state index in [0.717, 1.165) is 0 Å². The number of nitrogens with one attached hydrogen (secondary N) is 2. The number of rotatable bonds is 4. The quantitative estimate of drug-likeness (QED) is 0.515. The Bertz CT molecular complexity index is 1010. The minimum absolute atomic E-state index is 0.302. The lowest BCUT2D eigenvalue weighted by Crippen LogP contribution is -2.21. The highest BCUT2D eigenvalue weighted by Gasteiger charge is 2.33. The monoisotopic (exact) mass is 453 g/mol. The number of carbonyl (C=O) groups excluding carboxylic acids is 2. The summed E-state index contributed by atoms with van der Waals surface area (Å²) in [7, 11) is 0. The van der Waals surface area contributed by atoms with Crippen molar-refractivity contribution in [3.63, 3.8) is 0 Å². The fourth-order valence-corrected chi connectivity index (χ4v) is 2.64. The zero-order valence-corrected chi connectivity index (χ0v) is 16.4. The summed E-state index contributed by atoms with van der Waals surface area (Å²) in [5, 5.41) is 5.67. The van der Waals surface area contributed by atoms with E-state index in [2.05, 4.69) is 15.6 Å². The van der Waals surface area contributed by atoms with Crippen molar-refractivity contribution in [2.45, 2.75) is 6.18 Å². The van der Waals surface area contributed by atoms with E-state index in [1.54, 1.807) is 0 Å². The van der Waals surface area contributed by atoms with Crippen LogP contribution in [0, 0.1) is 0 Å². The van der Waals surface area contributed by atoms with Crippen LogP contribution in [0.25, 0.3) is 0 Å². The van der Waals surface area contributed by atoms with Crippen LogP contribution in [0.1, 0.15) is 26.5 Å². The highest BCUT2D eigenvalue weighted by Crippen LogP contribution is 2.30. The molecule has 1 heterocycles. The van der Waals surface area contributed by atoms with Crippen molar-refractivity contribution < 1.29 is 22.8 Å². The molecular weight excluding hydrogens is 442 g/mol. The molecule has 3 aromatic rings. The number of pyridine rings is 1. The van der Waals surface area contributed by atoms with Gasteiger partial charge < -0.3 is 10.6 Å². The van der Waals surface area contributed by atoms with Gasteiger partial charge in [-0.3, -0.25) is 9.59 Å². The topological polar surface area (TPSA) is 71.1 Å². The molecule has 0 aliphatic carbocycles. The zero-order valence-electron chi connectivity index (χ0n) is 14.9. The Morgan fingerprint density at radius 2 is 1.10 bits per heavy atom. The van der Waals surface area contributed by atoms with Gasteiger partial charge in [0.05, 0.1) is 5.56 Å². The molecule has 0 saturated carbocycles. The van der Waals surface area contributed by atoms with E-state index in [4.69, 9.17) is 23.2 Å². The van der Waals surface area contributed by atoms with E-state index >= 15 is 0 Å². The van der Waals surface area contributed by atoms with Crippen LogP contribution in [-0.4, -0.2) is 16.8 Å². The minimum atomic E-state index is -4.78. The van der Waals surface area contributed by atoms with E-state index in [9.17, 15) is 22.8 Å². The van der Waals surface area contributed by atoms with E-state index in [-0.39, 0.29) is 0 Å². The summed E-state index contributed by atoms with van der Waals surface area (Å²) in [6, 6.07) is 13.1. The molecule has 0 aliphatic rings. The van der Waals surface area contributed by atoms with E-state index < -0.39 is 34.9 Å². The summed E-state index contributed by atoms with van der Waals surface area (Å²) in [5.41, 5.74) is -1.71. The molecule has 3 rings (SSSR count). The van der Waals surface area contributed by atoms with Crippen LogP contribution in [0.15, 0.2) is 60.7 Å². The van der Waals surface area contributed by atoms with Gasteiger partial charge >= 0.3 is 6.18 Å². The maximum absolute atomic E-state index is 13.3. The van der Waals surface area contributed by atoms with Crippen molar-refractivity contribution >= 4 is 46.4 Å². The molecule has 0 fully saturated rings. The lowest BCUT2D eigenvalue weighted by molar-refractivity contribution is -0.137. The summed E-state index contributed by atoms with van der Waals surface area (Å²) in [6.07, 6.45) is -4.78. The molecule has 0 atom stereocenters. The Labute approximate surface area is 178 Å². The second-order valence-corrected chi connectivity index (χ2v) is 6.92. The molecule has 5 nitrogen and oxygen atoms in total. The van der Waals surface area contributed by atoms with Gasteiger partial charge in [0.25, 0.3) is 11.8 Å². The van der Waals surface area contributed by atoms with Crippen molar-refractivity contribution in [2.75, 3.05) is 10.6 Å². The van der Waals surface area contributed by atoms with Gasteiger partial charge in [-0.25, -0.2) is 4.98 Å². The first kappa shape index (κ1) is 21.6. The number of hydrogen-bond donors (Lipinski definition) is 2. The largest absolute Gasteiger partial charge is 0.416 e. The standard InChI is InChI=1S/C20H12Cl2F3N3O2/c21-12-1-5-14(6-2-12)26-18(29)16-9-11(20(23,24)25)10-17(28-16)19(30)27-15-7-3-13(22)4-8-15/h1-10H,(H,26,29)(H,27,30). The van der Waals surface area contributed by atoms with Crippen LogP contribution in [0.4, 0.5) is 24.5 Å². The number of hydrogen-bond acceptors (Lipinski definition) is 3. The second-order valence-electron chi connectivity index (χ2n) is 6.05. The summed E-state index contributed by atoms with van der Waals surface area (Å²) < 4.78 is 39.9. The van der Waals surface area contributed by atoms with E-state index in [1.165, 1.54) is 48.5 Å². The fraction of sp³-hybridized carbons (Fsp3) is 0.0500. The van der Waals surface area contributed by atoms with Crippen molar-refractivity contribution in [1.29, 1.82) is 0 Å². The van der Waals surface area contributed by atoms with Crippen molar-refractivity contribution in [3.05, 3.63) is 87.7 Å². The fourth-order valence-electron chi connectivity index (χ4n) is 2.38. The SMILES string of the molecule is O=C(Nc1ccc(Cl)cc1)c1cc(C(F)(F)F)cc(C(=O)Nc2ccc(Cl)cc2)n1. The Morgan fingerprint density at radius 1 is 0.733 bits per heavy atom. The Morgan fingerprint density at radius 3 is 1.43 bits per heavy atom. The summed E-state index contributed by atoms with van der Waals surface area (Å²) in [4.78, 5) is 28.7.